The van der Waals surface area contributed by atoms with Crippen molar-refractivity contribution in [2.45, 2.75) is 6.92 Å². The van der Waals surface area contributed by atoms with Gasteiger partial charge in [0.15, 0.2) is 0 Å². The molecule has 2 N–H and O–H groups in total. The van der Waals surface area contributed by atoms with Crippen molar-refractivity contribution in [1.29, 1.82) is 0 Å². The Bertz CT molecular complexity index is 486. The van der Waals surface area contributed by atoms with Crippen LogP contribution in [0.4, 0.5) is 0 Å². The summed E-state index contributed by atoms with van der Waals surface area (Å²) < 4.78 is 0. The summed E-state index contributed by atoms with van der Waals surface area (Å²) in [4.78, 5) is 0. The van der Waals surface area contributed by atoms with E-state index < -0.39 is 0 Å². The van der Waals surface area contributed by atoms with Gasteiger partial charge in [-0.25, -0.2) is 0 Å². The molecule has 0 aliphatic carbocycles. The number of rotatable bonds is 1. The Morgan fingerprint density at radius 1 is 1.07 bits per heavy atom. The molecule has 2 nitrogen and oxygen atoms in total. The predicted molar refractivity (Wildman–Crippen MR) is 60.3 cm³/mol. The van der Waals surface area contributed by atoms with Crippen molar-refractivity contribution in [2.24, 2.45) is 10.9 Å². The van der Waals surface area contributed by atoms with E-state index in [1.165, 1.54) is 10.8 Å². The molecule has 0 saturated carbocycles. The van der Waals surface area contributed by atoms with E-state index >= 15 is 0 Å². The summed E-state index contributed by atoms with van der Waals surface area (Å²) in [6, 6.07) is 14.5. The monoisotopic (exact) mass is 184 g/mol. The molecule has 2 rings (SSSR count). The fourth-order valence-corrected chi connectivity index (χ4v) is 1.49. The van der Waals surface area contributed by atoms with Crippen molar-refractivity contribution >= 4 is 16.5 Å². The maximum Gasteiger partial charge on any atom is 0.0642 e. The van der Waals surface area contributed by atoms with Crippen LogP contribution in [0.2, 0.25) is 0 Å². The molecule has 14 heavy (non-hydrogen) atoms. The van der Waals surface area contributed by atoms with Crippen molar-refractivity contribution in [2.75, 3.05) is 0 Å². The molecule has 70 valence electrons. The van der Waals surface area contributed by atoms with Crippen LogP contribution in [0, 0.1) is 0 Å². The molecular formula is C12H12N2. The van der Waals surface area contributed by atoms with E-state index in [1.807, 2.05) is 25.1 Å². The van der Waals surface area contributed by atoms with Crippen molar-refractivity contribution in [3.05, 3.63) is 48.0 Å². The van der Waals surface area contributed by atoms with E-state index in [9.17, 15) is 0 Å². The highest BCUT2D eigenvalue weighted by atomic mass is 15.1. The average molecular weight is 184 g/mol. The standard InChI is InChI=1S/C12H12N2/c1-9(14-13)11-7-6-10-4-2-3-5-12(10)8-11/h2-8H,13H2,1H3. The summed E-state index contributed by atoms with van der Waals surface area (Å²) in [6.45, 7) is 1.91. The summed E-state index contributed by atoms with van der Waals surface area (Å²) in [5, 5.41) is 6.14. The Hall–Kier alpha value is -1.83. The smallest absolute Gasteiger partial charge is 0.0642 e. The first-order valence-electron chi connectivity index (χ1n) is 4.55. The zero-order chi connectivity index (χ0) is 9.97. The fourth-order valence-electron chi connectivity index (χ4n) is 1.49. The van der Waals surface area contributed by atoms with Gasteiger partial charge in [0, 0.05) is 0 Å². The highest BCUT2D eigenvalue weighted by Crippen LogP contribution is 2.15. The van der Waals surface area contributed by atoms with Gasteiger partial charge >= 0.3 is 0 Å². The predicted octanol–water partition coefficient (Wildman–Crippen LogP) is 2.52. The summed E-state index contributed by atoms with van der Waals surface area (Å²) >= 11 is 0. The minimum Gasteiger partial charge on any atom is -0.323 e. The zero-order valence-corrected chi connectivity index (χ0v) is 8.07. The summed E-state index contributed by atoms with van der Waals surface area (Å²) in [6.07, 6.45) is 0. The summed E-state index contributed by atoms with van der Waals surface area (Å²) in [5.74, 6) is 5.24. The molecule has 0 amide bonds. The van der Waals surface area contributed by atoms with Crippen molar-refractivity contribution in [1.82, 2.24) is 0 Å². The molecule has 2 aromatic rings. The summed E-state index contributed by atoms with van der Waals surface area (Å²) in [5.41, 5.74) is 1.93. The second kappa shape index (κ2) is 3.50. The van der Waals surface area contributed by atoms with E-state index in [4.69, 9.17) is 5.84 Å². The van der Waals surface area contributed by atoms with Gasteiger partial charge in [-0.15, -0.1) is 0 Å². The minimum atomic E-state index is 0.857. The van der Waals surface area contributed by atoms with Crippen LogP contribution in [-0.4, -0.2) is 5.71 Å². The molecule has 0 atom stereocenters. The molecule has 0 aromatic heterocycles. The maximum atomic E-state index is 5.24. The quantitative estimate of drug-likeness (QED) is 0.413. The van der Waals surface area contributed by atoms with Crippen LogP contribution in [0.5, 0.6) is 0 Å². The van der Waals surface area contributed by atoms with Gasteiger partial charge in [0.05, 0.1) is 5.71 Å². The van der Waals surface area contributed by atoms with Gasteiger partial charge in [0.25, 0.3) is 0 Å². The van der Waals surface area contributed by atoms with E-state index in [2.05, 4.69) is 29.4 Å². The van der Waals surface area contributed by atoms with Gasteiger partial charge in [-0.2, -0.15) is 5.10 Å². The number of hydrogen-bond acceptors (Lipinski definition) is 2. The van der Waals surface area contributed by atoms with Gasteiger partial charge in [-0.05, 0) is 29.3 Å². The highest BCUT2D eigenvalue weighted by molar-refractivity contribution is 6.01. The fraction of sp³-hybridized carbons (Fsp3) is 0.0833. The number of nitrogens with zero attached hydrogens (tertiary/aromatic N) is 1. The lowest BCUT2D eigenvalue weighted by atomic mass is 10.0. The Kier molecular flexibility index (Phi) is 2.19. The molecule has 0 unspecified atom stereocenters. The average Bonchev–Trinajstić information content (AvgIpc) is 2.27. The van der Waals surface area contributed by atoms with Gasteiger partial charge < -0.3 is 5.84 Å². The maximum absolute atomic E-state index is 5.24. The Labute approximate surface area is 83.0 Å². The van der Waals surface area contributed by atoms with Crippen molar-refractivity contribution in [3.63, 3.8) is 0 Å². The van der Waals surface area contributed by atoms with E-state index in [0.717, 1.165) is 11.3 Å². The number of nitrogens with two attached hydrogens (primary N) is 1. The third kappa shape index (κ3) is 1.46. The number of fused-ring (bicyclic) bond motifs is 1. The normalized spacial score (nSPS) is 11.9. The number of hydrazone groups is 1. The largest absolute Gasteiger partial charge is 0.323 e. The first-order chi connectivity index (χ1) is 6.81. The van der Waals surface area contributed by atoms with Gasteiger partial charge in [-0.1, -0.05) is 36.4 Å². The van der Waals surface area contributed by atoms with Gasteiger partial charge in [-0.3, -0.25) is 0 Å². The number of hydrogen-bond donors (Lipinski definition) is 1. The Morgan fingerprint density at radius 2 is 1.79 bits per heavy atom. The molecule has 0 aliphatic rings. The van der Waals surface area contributed by atoms with Crippen LogP contribution in [0.15, 0.2) is 47.6 Å². The molecule has 0 radical (unpaired) electrons. The SMILES string of the molecule is CC(=NN)c1ccc2ccccc2c1. The van der Waals surface area contributed by atoms with Crippen LogP contribution in [0.25, 0.3) is 10.8 Å². The summed E-state index contributed by atoms with van der Waals surface area (Å²) in [7, 11) is 0. The lowest BCUT2D eigenvalue weighted by molar-refractivity contribution is 1.24. The van der Waals surface area contributed by atoms with Crippen LogP contribution in [0.3, 0.4) is 0 Å². The number of benzene rings is 2. The molecule has 2 heteroatoms. The van der Waals surface area contributed by atoms with E-state index in [1.54, 1.807) is 0 Å². The Morgan fingerprint density at radius 3 is 2.50 bits per heavy atom. The second-order valence-corrected chi connectivity index (χ2v) is 3.28. The minimum absolute atomic E-state index is 0.857. The molecule has 0 fully saturated rings. The second-order valence-electron chi connectivity index (χ2n) is 3.28. The van der Waals surface area contributed by atoms with E-state index in [-0.39, 0.29) is 0 Å². The Balaban J connectivity index is 2.62. The van der Waals surface area contributed by atoms with Crippen LogP contribution in [0.1, 0.15) is 12.5 Å². The van der Waals surface area contributed by atoms with E-state index in [0.29, 0.717) is 0 Å². The molecule has 0 heterocycles. The van der Waals surface area contributed by atoms with Crippen molar-refractivity contribution < 1.29 is 0 Å². The van der Waals surface area contributed by atoms with Crippen LogP contribution < -0.4 is 5.84 Å². The molecule has 0 aliphatic heterocycles. The van der Waals surface area contributed by atoms with Gasteiger partial charge in [0.2, 0.25) is 0 Å². The van der Waals surface area contributed by atoms with Crippen LogP contribution in [-0.2, 0) is 0 Å². The third-order valence-corrected chi connectivity index (χ3v) is 2.36. The third-order valence-electron chi connectivity index (χ3n) is 2.36. The van der Waals surface area contributed by atoms with Gasteiger partial charge in [0.1, 0.15) is 0 Å². The topological polar surface area (TPSA) is 38.4 Å². The lowest BCUT2D eigenvalue weighted by Crippen LogP contribution is -1.98. The van der Waals surface area contributed by atoms with Crippen molar-refractivity contribution in [3.8, 4) is 0 Å². The molecule has 0 spiro atoms. The highest BCUT2D eigenvalue weighted by Gasteiger charge is 1.98. The molecule has 0 saturated heterocycles. The first kappa shape index (κ1) is 8.75. The molecule has 2 aromatic carbocycles. The first-order valence-corrected chi connectivity index (χ1v) is 4.55. The molecule has 0 bridgehead atoms. The lowest BCUT2D eigenvalue weighted by Gasteiger charge is -2.01. The van der Waals surface area contributed by atoms with Crippen LogP contribution >= 0.6 is 0 Å². The molecular weight excluding hydrogens is 172 g/mol. The zero-order valence-electron chi connectivity index (χ0n) is 8.07.